The molecule has 0 spiro atoms. The van der Waals surface area contributed by atoms with Gasteiger partial charge in [-0.05, 0) is 43.0 Å². The summed E-state index contributed by atoms with van der Waals surface area (Å²) < 4.78 is 11.4. The Morgan fingerprint density at radius 1 is 1.03 bits per heavy atom. The van der Waals surface area contributed by atoms with Crippen LogP contribution in [0.3, 0.4) is 0 Å². The number of rotatable bonds is 8. The molecule has 2 amide bonds. The summed E-state index contributed by atoms with van der Waals surface area (Å²) in [4.78, 5) is 29.9. The molecule has 0 fully saturated rings. The molecule has 0 heterocycles. The Morgan fingerprint density at radius 3 is 2.12 bits per heavy atom. The molecule has 0 bridgehead atoms. The van der Waals surface area contributed by atoms with Gasteiger partial charge in [-0.2, -0.15) is 0 Å². The number of amides is 2. The molecule has 0 radical (unpaired) electrons. The number of carbonyl (C=O) groups excluding carboxylic acids is 2. The summed E-state index contributed by atoms with van der Waals surface area (Å²) in [7, 11) is 2.94. The Hall–Kier alpha value is -2.90. The lowest BCUT2D eigenvalue weighted by Gasteiger charge is -2.26. The number of nitrogens with one attached hydrogen (secondary N) is 1. The number of fused-ring (bicyclic) bond motifs is 3. The number of benzene rings is 2. The zero-order chi connectivity index (χ0) is 23.3. The maximum atomic E-state index is 12.6. The van der Waals surface area contributed by atoms with Crippen LogP contribution in [-0.4, -0.2) is 56.1 Å². The van der Waals surface area contributed by atoms with Crippen LogP contribution in [0.4, 0.5) is 4.79 Å². The summed E-state index contributed by atoms with van der Waals surface area (Å²) in [6.07, 6.45) is -0.549. The van der Waals surface area contributed by atoms with E-state index < -0.39 is 17.7 Å². The molecule has 2 aromatic rings. The van der Waals surface area contributed by atoms with E-state index in [1.165, 1.54) is 25.3 Å². The Kier molecular flexibility index (Phi) is 7.53. The van der Waals surface area contributed by atoms with Gasteiger partial charge in [0.05, 0.1) is 31.8 Å². The Labute approximate surface area is 189 Å². The Bertz CT molecular complexity index is 908. The number of hydrogen-bond donors (Lipinski definition) is 1. The van der Waals surface area contributed by atoms with Gasteiger partial charge in [0, 0.05) is 13.0 Å². The number of hydrogen-bond acceptors (Lipinski definition) is 5. The summed E-state index contributed by atoms with van der Waals surface area (Å²) >= 11 is 0. The summed E-state index contributed by atoms with van der Waals surface area (Å²) in [6.45, 7) is 6.14. The lowest BCUT2D eigenvalue weighted by atomic mass is 9.98. The van der Waals surface area contributed by atoms with E-state index >= 15 is 0 Å². The van der Waals surface area contributed by atoms with Gasteiger partial charge in [-0.1, -0.05) is 48.5 Å². The number of nitrogens with zero attached hydrogens (tertiary/aromatic N) is 1. The van der Waals surface area contributed by atoms with Crippen molar-refractivity contribution in [2.75, 3.05) is 27.4 Å². The molecular formula is C25H32N2O5. The van der Waals surface area contributed by atoms with Crippen molar-refractivity contribution in [2.24, 2.45) is 0 Å². The zero-order valence-corrected chi connectivity index (χ0v) is 19.4. The standard InChI is InChI=1S/C25H32N2O5/c1-25(2,3)32-15-17(14-23(28)27(4)30-5)26-24(29)31-16-22-20-12-8-6-10-18(20)19-11-7-9-13-21(19)22/h6-13,17,22H,14-16H2,1-5H3,(H,26,29)/t17-/m1/s1. The van der Waals surface area contributed by atoms with E-state index in [0.29, 0.717) is 0 Å². The monoisotopic (exact) mass is 440 g/mol. The summed E-state index contributed by atoms with van der Waals surface area (Å²) in [5.74, 6) is -0.298. The Balaban J connectivity index is 1.65. The van der Waals surface area contributed by atoms with Gasteiger partial charge in [0.15, 0.2) is 0 Å². The molecule has 7 nitrogen and oxygen atoms in total. The first kappa shape index (κ1) is 23.8. The maximum absolute atomic E-state index is 12.6. The molecule has 1 aliphatic carbocycles. The van der Waals surface area contributed by atoms with Gasteiger partial charge in [0.25, 0.3) is 0 Å². The first-order valence-corrected chi connectivity index (χ1v) is 10.8. The SMILES string of the molecule is CON(C)C(=O)C[C@H](COC(C)(C)C)NC(=O)OCC1c2ccccc2-c2ccccc21. The maximum Gasteiger partial charge on any atom is 0.407 e. The summed E-state index contributed by atoms with van der Waals surface area (Å²) in [5.41, 5.74) is 4.22. The molecule has 0 saturated heterocycles. The molecule has 0 unspecified atom stereocenters. The topological polar surface area (TPSA) is 77.1 Å². The quantitative estimate of drug-likeness (QED) is 0.625. The van der Waals surface area contributed by atoms with Crippen LogP contribution in [0.2, 0.25) is 0 Å². The third-order valence-electron chi connectivity index (χ3n) is 5.43. The van der Waals surface area contributed by atoms with Crippen LogP contribution < -0.4 is 5.32 Å². The van der Waals surface area contributed by atoms with Crippen LogP contribution in [-0.2, 0) is 19.1 Å². The zero-order valence-electron chi connectivity index (χ0n) is 19.4. The smallest absolute Gasteiger partial charge is 0.407 e. The van der Waals surface area contributed by atoms with E-state index in [9.17, 15) is 9.59 Å². The van der Waals surface area contributed by atoms with E-state index in [2.05, 4.69) is 29.6 Å². The van der Waals surface area contributed by atoms with Gasteiger partial charge >= 0.3 is 6.09 Å². The molecule has 172 valence electrons. The summed E-state index contributed by atoms with van der Waals surface area (Å²) in [6, 6.07) is 15.8. The van der Waals surface area contributed by atoms with Crippen LogP contribution in [0, 0.1) is 0 Å². The minimum absolute atomic E-state index is 0.0290. The minimum Gasteiger partial charge on any atom is -0.449 e. The molecule has 7 heteroatoms. The van der Waals surface area contributed by atoms with Crippen LogP contribution in [0.5, 0.6) is 0 Å². The van der Waals surface area contributed by atoms with E-state index in [-0.39, 0.29) is 31.5 Å². The fourth-order valence-electron chi connectivity index (χ4n) is 3.75. The van der Waals surface area contributed by atoms with Gasteiger partial charge in [-0.3, -0.25) is 9.63 Å². The molecule has 1 atom stereocenters. The Morgan fingerprint density at radius 2 is 1.59 bits per heavy atom. The average molecular weight is 441 g/mol. The minimum atomic E-state index is -0.581. The highest BCUT2D eigenvalue weighted by atomic mass is 16.7. The predicted molar refractivity (Wildman–Crippen MR) is 122 cm³/mol. The number of hydroxylamine groups is 2. The lowest BCUT2D eigenvalue weighted by molar-refractivity contribution is -0.169. The molecule has 0 saturated carbocycles. The molecule has 3 rings (SSSR count). The van der Waals surface area contributed by atoms with Crippen molar-refractivity contribution in [3.63, 3.8) is 0 Å². The van der Waals surface area contributed by atoms with Gasteiger partial charge < -0.3 is 14.8 Å². The molecule has 1 aliphatic rings. The van der Waals surface area contributed by atoms with Crippen molar-refractivity contribution in [3.8, 4) is 11.1 Å². The van der Waals surface area contributed by atoms with Crippen molar-refractivity contribution in [1.29, 1.82) is 0 Å². The van der Waals surface area contributed by atoms with Crippen molar-refractivity contribution in [1.82, 2.24) is 10.4 Å². The second kappa shape index (κ2) is 10.1. The lowest BCUT2D eigenvalue weighted by Crippen LogP contribution is -2.44. The average Bonchev–Trinajstić information content (AvgIpc) is 3.08. The van der Waals surface area contributed by atoms with Gasteiger partial charge in [-0.15, -0.1) is 0 Å². The number of ether oxygens (including phenoxy) is 2. The highest BCUT2D eigenvalue weighted by Crippen LogP contribution is 2.44. The van der Waals surface area contributed by atoms with Crippen LogP contribution in [0.25, 0.3) is 11.1 Å². The fraction of sp³-hybridized carbons (Fsp3) is 0.440. The number of alkyl carbamates (subject to hydrolysis) is 1. The predicted octanol–water partition coefficient (Wildman–Crippen LogP) is 4.12. The third-order valence-corrected chi connectivity index (χ3v) is 5.43. The molecular weight excluding hydrogens is 408 g/mol. The van der Waals surface area contributed by atoms with E-state index in [0.717, 1.165) is 16.2 Å². The largest absolute Gasteiger partial charge is 0.449 e. The van der Waals surface area contributed by atoms with Gasteiger partial charge in [-0.25, -0.2) is 9.86 Å². The number of carbonyl (C=O) groups is 2. The normalized spacial score (nSPS) is 13.8. The highest BCUT2D eigenvalue weighted by molar-refractivity contribution is 5.79. The van der Waals surface area contributed by atoms with Crippen molar-refractivity contribution in [2.45, 2.75) is 44.8 Å². The van der Waals surface area contributed by atoms with Crippen molar-refractivity contribution in [3.05, 3.63) is 59.7 Å². The first-order valence-electron chi connectivity index (χ1n) is 10.8. The van der Waals surface area contributed by atoms with E-state index in [1.54, 1.807) is 0 Å². The van der Waals surface area contributed by atoms with Crippen LogP contribution >= 0.6 is 0 Å². The molecule has 0 aliphatic heterocycles. The van der Waals surface area contributed by atoms with Gasteiger partial charge in [0.2, 0.25) is 5.91 Å². The van der Waals surface area contributed by atoms with Gasteiger partial charge in [0.1, 0.15) is 6.61 Å². The van der Waals surface area contributed by atoms with Crippen LogP contribution in [0.1, 0.15) is 44.2 Å². The molecule has 1 N–H and O–H groups in total. The third kappa shape index (κ3) is 5.87. The highest BCUT2D eigenvalue weighted by Gasteiger charge is 2.29. The first-order chi connectivity index (χ1) is 15.2. The van der Waals surface area contributed by atoms with Crippen LogP contribution in [0.15, 0.2) is 48.5 Å². The molecule has 2 aromatic carbocycles. The molecule has 0 aromatic heterocycles. The van der Waals surface area contributed by atoms with E-state index in [1.807, 2.05) is 45.0 Å². The second-order valence-corrected chi connectivity index (χ2v) is 8.87. The van der Waals surface area contributed by atoms with Crippen molar-refractivity contribution < 1.29 is 23.9 Å². The summed E-state index contributed by atoms with van der Waals surface area (Å²) in [5, 5.41) is 3.91. The van der Waals surface area contributed by atoms with Crippen molar-refractivity contribution >= 4 is 12.0 Å². The fourth-order valence-corrected chi connectivity index (χ4v) is 3.75. The van der Waals surface area contributed by atoms with E-state index in [4.69, 9.17) is 14.3 Å². The second-order valence-electron chi connectivity index (χ2n) is 8.87. The molecule has 32 heavy (non-hydrogen) atoms.